The predicted molar refractivity (Wildman–Crippen MR) is 94.8 cm³/mol. The van der Waals surface area contributed by atoms with Gasteiger partial charge in [0.05, 0.1) is 12.7 Å². The van der Waals surface area contributed by atoms with E-state index in [1.165, 1.54) is 18.9 Å². The van der Waals surface area contributed by atoms with Crippen LogP contribution >= 0.6 is 27.7 Å². The van der Waals surface area contributed by atoms with E-state index >= 15 is 0 Å². The van der Waals surface area contributed by atoms with Crippen molar-refractivity contribution in [3.63, 3.8) is 0 Å². The number of thioether (sulfide) groups is 1. The van der Waals surface area contributed by atoms with Crippen molar-refractivity contribution in [2.45, 2.75) is 11.0 Å². The van der Waals surface area contributed by atoms with Crippen molar-refractivity contribution in [1.29, 1.82) is 0 Å². The molecule has 3 rings (SSSR count). The van der Waals surface area contributed by atoms with E-state index < -0.39 is 0 Å². The van der Waals surface area contributed by atoms with Gasteiger partial charge in [-0.2, -0.15) is 0 Å². The lowest BCUT2D eigenvalue weighted by molar-refractivity contribution is 0.0600. The maximum Gasteiger partial charge on any atom is 0.337 e. The van der Waals surface area contributed by atoms with Gasteiger partial charge in [0, 0.05) is 15.8 Å². The molecule has 0 aliphatic carbocycles. The summed E-state index contributed by atoms with van der Waals surface area (Å²) in [5.74, 6) is 0.819. The van der Waals surface area contributed by atoms with Gasteiger partial charge < -0.3 is 9.15 Å². The molecule has 0 radical (unpaired) electrons. The van der Waals surface area contributed by atoms with E-state index in [1.807, 2.05) is 36.4 Å². The zero-order valence-electron chi connectivity index (χ0n) is 12.7. The van der Waals surface area contributed by atoms with Crippen LogP contribution in [0.1, 0.15) is 15.9 Å². The quantitative estimate of drug-likeness (QED) is 0.458. The topological polar surface area (TPSA) is 65.2 Å². The maximum absolute atomic E-state index is 11.4. The number of esters is 1. The maximum atomic E-state index is 11.4. The fraction of sp³-hybridized carbons (Fsp3) is 0.118. The summed E-state index contributed by atoms with van der Waals surface area (Å²) in [6, 6.07) is 14.9. The van der Waals surface area contributed by atoms with Crippen molar-refractivity contribution in [2.24, 2.45) is 0 Å². The molecular formula is C17H13BrN2O3S. The lowest BCUT2D eigenvalue weighted by Gasteiger charge is -2.01. The minimum absolute atomic E-state index is 0.342. The van der Waals surface area contributed by atoms with Gasteiger partial charge in [-0.05, 0) is 42.0 Å². The highest BCUT2D eigenvalue weighted by molar-refractivity contribution is 9.10. The van der Waals surface area contributed by atoms with E-state index in [0.29, 0.717) is 22.4 Å². The van der Waals surface area contributed by atoms with E-state index in [9.17, 15) is 4.79 Å². The van der Waals surface area contributed by atoms with Crippen LogP contribution in [0.3, 0.4) is 0 Å². The van der Waals surface area contributed by atoms with Gasteiger partial charge in [0.15, 0.2) is 0 Å². The third-order valence-electron chi connectivity index (χ3n) is 3.23. The van der Waals surface area contributed by atoms with Crippen molar-refractivity contribution in [3.8, 4) is 11.5 Å². The second-order valence-corrected chi connectivity index (χ2v) is 6.70. The van der Waals surface area contributed by atoms with Gasteiger partial charge in [-0.1, -0.05) is 39.8 Å². The van der Waals surface area contributed by atoms with E-state index in [0.717, 1.165) is 15.6 Å². The predicted octanol–water partition coefficient (Wildman–Crippen LogP) is 4.58. The third-order valence-corrected chi connectivity index (χ3v) is 4.65. The molecule has 0 amide bonds. The van der Waals surface area contributed by atoms with Crippen LogP contribution in [0.25, 0.3) is 11.5 Å². The summed E-state index contributed by atoms with van der Waals surface area (Å²) in [5, 5.41) is 8.62. The Bertz CT molecular complexity index is 832. The van der Waals surface area contributed by atoms with E-state index in [2.05, 4.69) is 30.9 Å². The van der Waals surface area contributed by atoms with Gasteiger partial charge in [0.25, 0.3) is 5.22 Å². The Morgan fingerprint density at radius 1 is 1.12 bits per heavy atom. The molecule has 2 aromatic carbocycles. The number of halogens is 1. The smallest absolute Gasteiger partial charge is 0.337 e. The Morgan fingerprint density at radius 3 is 2.50 bits per heavy atom. The van der Waals surface area contributed by atoms with Crippen LogP contribution in [0.2, 0.25) is 0 Å². The molecule has 0 unspecified atom stereocenters. The summed E-state index contributed by atoms with van der Waals surface area (Å²) < 4.78 is 11.3. The molecule has 0 saturated heterocycles. The van der Waals surface area contributed by atoms with E-state index in [4.69, 9.17) is 4.42 Å². The Hall–Kier alpha value is -2.12. The summed E-state index contributed by atoms with van der Waals surface area (Å²) in [4.78, 5) is 11.4. The molecule has 0 N–H and O–H groups in total. The van der Waals surface area contributed by atoms with Gasteiger partial charge in [0.2, 0.25) is 5.89 Å². The summed E-state index contributed by atoms with van der Waals surface area (Å²) in [7, 11) is 1.37. The molecule has 0 fully saturated rings. The van der Waals surface area contributed by atoms with Crippen LogP contribution in [0.5, 0.6) is 0 Å². The summed E-state index contributed by atoms with van der Waals surface area (Å²) in [6.07, 6.45) is 0. The number of nitrogens with zero attached hydrogens (tertiary/aromatic N) is 2. The van der Waals surface area contributed by atoms with Crippen LogP contribution in [0.4, 0.5) is 0 Å². The fourth-order valence-electron chi connectivity index (χ4n) is 1.98. The molecular weight excluding hydrogens is 392 g/mol. The second kappa shape index (κ2) is 7.63. The number of aromatic nitrogens is 2. The van der Waals surface area contributed by atoms with Crippen molar-refractivity contribution in [1.82, 2.24) is 10.2 Å². The van der Waals surface area contributed by atoms with Crippen LogP contribution in [0.15, 0.2) is 62.6 Å². The number of benzene rings is 2. The largest absolute Gasteiger partial charge is 0.465 e. The SMILES string of the molecule is COC(=O)c1ccc(CSc2nnc(-c3ccc(Br)cc3)o2)cc1. The standard InChI is InChI=1S/C17H13BrN2O3S/c1-22-16(21)13-4-2-11(3-5-13)10-24-17-20-19-15(23-17)12-6-8-14(18)9-7-12/h2-9H,10H2,1H3. The molecule has 3 aromatic rings. The first-order valence-corrected chi connectivity index (χ1v) is 8.83. The molecule has 5 nitrogen and oxygen atoms in total. The van der Waals surface area contributed by atoms with Crippen LogP contribution < -0.4 is 0 Å². The highest BCUT2D eigenvalue weighted by Crippen LogP contribution is 2.26. The first-order valence-electron chi connectivity index (χ1n) is 7.05. The summed E-state index contributed by atoms with van der Waals surface area (Å²) in [5.41, 5.74) is 2.46. The van der Waals surface area contributed by atoms with Crippen LogP contribution in [-0.4, -0.2) is 23.3 Å². The first kappa shape index (κ1) is 16.7. The average molecular weight is 405 g/mol. The Kier molecular flexibility index (Phi) is 5.32. The Morgan fingerprint density at radius 2 is 1.83 bits per heavy atom. The highest BCUT2D eigenvalue weighted by atomic mass is 79.9. The molecule has 0 bridgehead atoms. The lowest BCUT2D eigenvalue weighted by atomic mass is 10.1. The monoisotopic (exact) mass is 404 g/mol. The summed E-state index contributed by atoms with van der Waals surface area (Å²) in [6.45, 7) is 0. The zero-order chi connectivity index (χ0) is 16.9. The minimum atomic E-state index is -0.342. The molecule has 122 valence electrons. The molecule has 1 aromatic heterocycles. The molecule has 0 spiro atoms. The fourth-order valence-corrected chi connectivity index (χ4v) is 2.96. The van der Waals surface area contributed by atoms with Gasteiger partial charge in [-0.15, -0.1) is 10.2 Å². The van der Waals surface area contributed by atoms with Crippen molar-refractivity contribution in [2.75, 3.05) is 7.11 Å². The molecule has 0 saturated carbocycles. The van der Waals surface area contributed by atoms with Crippen LogP contribution in [-0.2, 0) is 10.5 Å². The molecule has 0 aliphatic rings. The van der Waals surface area contributed by atoms with Crippen molar-refractivity contribution >= 4 is 33.7 Å². The Labute approximate surface area is 151 Å². The number of rotatable bonds is 5. The minimum Gasteiger partial charge on any atom is -0.465 e. The number of methoxy groups -OCH3 is 1. The zero-order valence-corrected chi connectivity index (χ0v) is 15.1. The summed E-state index contributed by atoms with van der Waals surface area (Å²) >= 11 is 4.84. The van der Waals surface area contributed by atoms with Gasteiger partial charge >= 0.3 is 5.97 Å². The van der Waals surface area contributed by atoms with Gasteiger partial charge in [0.1, 0.15) is 0 Å². The Balaban J connectivity index is 1.63. The average Bonchev–Trinajstić information content (AvgIpc) is 3.09. The molecule has 0 atom stereocenters. The number of carbonyl (C=O) groups excluding carboxylic acids is 1. The normalized spacial score (nSPS) is 10.6. The number of carbonyl (C=O) groups is 1. The highest BCUT2D eigenvalue weighted by Gasteiger charge is 2.10. The number of ether oxygens (including phenoxy) is 1. The lowest BCUT2D eigenvalue weighted by Crippen LogP contribution is -2.00. The van der Waals surface area contributed by atoms with Crippen molar-refractivity contribution < 1.29 is 13.9 Å². The third kappa shape index (κ3) is 4.04. The number of hydrogen-bond acceptors (Lipinski definition) is 6. The molecule has 0 aliphatic heterocycles. The van der Waals surface area contributed by atoms with Crippen molar-refractivity contribution in [3.05, 3.63) is 64.1 Å². The van der Waals surface area contributed by atoms with Gasteiger partial charge in [-0.25, -0.2) is 4.79 Å². The second-order valence-electron chi connectivity index (χ2n) is 4.86. The van der Waals surface area contributed by atoms with E-state index in [-0.39, 0.29) is 5.97 Å². The molecule has 24 heavy (non-hydrogen) atoms. The van der Waals surface area contributed by atoms with E-state index in [1.54, 1.807) is 12.1 Å². The molecule has 7 heteroatoms. The van der Waals surface area contributed by atoms with Crippen LogP contribution in [0, 0.1) is 0 Å². The first-order chi connectivity index (χ1) is 11.7. The van der Waals surface area contributed by atoms with Gasteiger partial charge in [-0.3, -0.25) is 0 Å². The number of hydrogen-bond donors (Lipinski definition) is 0. The molecule has 1 heterocycles.